The lowest BCUT2D eigenvalue weighted by Crippen LogP contribution is -2.18. The van der Waals surface area contributed by atoms with Crippen LogP contribution in [-0.2, 0) is 0 Å². The minimum atomic E-state index is -0.696. The molecule has 0 radical (unpaired) electrons. The molecule has 1 aliphatic rings. The van der Waals surface area contributed by atoms with E-state index < -0.39 is 6.10 Å². The Morgan fingerprint density at radius 1 is 1.25 bits per heavy atom. The van der Waals surface area contributed by atoms with E-state index in [4.69, 9.17) is 9.47 Å². The molecule has 1 atom stereocenters. The fraction of sp³-hybridized carbons (Fsp3) is 0.278. The van der Waals surface area contributed by atoms with E-state index in [0.717, 1.165) is 4.47 Å². The van der Waals surface area contributed by atoms with Gasteiger partial charge in [0.1, 0.15) is 13.2 Å². The molecular weight excluding hydrogens is 374 g/mol. The summed E-state index contributed by atoms with van der Waals surface area (Å²) in [4.78, 5) is 12.5. The van der Waals surface area contributed by atoms with Crippen LogP contribution in [0.1, 0.15) is 35.4 Å². The van der Waals surface area contributed by atoms with Crippen molar-refractivity contribution >= 4 is 27.5 Å². The number of halogens is 1. The van der Waals surface area contributed by atoms with Crippen molar-refractivity contribution in [3.05, 3.63) is 52.0 Å². The van der Waals surface area contributed by atoms with E-state index in [1.54, 1.807) is 30.3 Å². The number of aliphatic hydroxyl groups is 1. The van der Waals surface area contributed by atoms with E-state index >= 15 is 0 Å². The van der Waals surface area contributed by atoms with Crippen LogP contribution in [0.4, 0.5) is 5.69 Å². The highest BCUT2D eigenvalue weighted by atomic mass is 79.9. The van der Waals surface area contributed by atoms with Crippen molar-refractivity contribution < 1.29 is 19.4 Å². The summed E-state index contributed by atoms with van der Waals surface area (Å²) in [6.45, 7) is 2.81. The topological polar surface area (TPSA) is 67.8 Å². The molecule has 0 unspecified atom stereocenters. The number of amides is 1. The fourth-order valence-electron chi connectivity index (χ4n) is 2.53. The summed E-state index contributed by atoms with van der Waals surface area (Å²) in [5, 5.41) is 13.1. The molecule has 0 saturated carbocycles. The zero-order valence-corrected chi connectivity index (χ0v) is 14.8. The summed E-state index contributed by atoms with van der Waals surface area (Å²) >= 11 is 3.36. The van der Waals surface area contributed by atoms with Gasteiger partial charge in [0.25, 0.3) is 5.91 Å². The second-order valence-corrected chi connectivity index (χ2v) is 6.39. The van der Waals surface area contributed by atoms with Gasteiger partial charge in [-0.05, 0) is 30.7 Å². The predicted octanol–water partition coefficient (Wildman–Crippen LogP) is 3.92. The normalized spacial score (nSPS) is 14.1. The number of hydrogen-bond donors (Lipinski definition) is 2. The zero-order valence-electron chi connectivity index (χ0n) is 13.2. The average Bonchev–Trinajstić information content (AvgIpc) is 2.60. The Bertz CT molecular complexity index is 763. The minimum absolute atomic E-state index is 0.252. The molecule has 0 bridgehead atoms. The molecule has 1 aliphatic heterocycles. The summed E-state index contributed by atoms with van der Waals surface area (Å²) < 4.78 is 12.0. The average molecular weight is 392 g/mol. The number of aliphatic hydroxyl groups excluding tert-OH is 1. The maximum atomic E-state index is 12.5. The highest BCUT2D eigenvalue weighted by molar-refractivity contribution is 9.10. The molecule has 0 aliphatic carbocycles. The number of carbonyl (C=O) groups is 1. The first-order valence-electron chi connectivity index (χ1n) is 7.77. The van der Waals surface area contributed by atoms with Crippen LogP contribution in [0.2, 0.25) is 0 Å². The molecule has 1 amide bonds. The first-order valence-corrected chi connectivity index (χ1v) is 8.56. The molecule has 24 heavy (non-hydrogen) atoms. The Morgan fingerprint density at radius 3 is 2.62 bits per heavy atom. The SMILES string of the molecule is CC[C@@H](O)c1cc2c(cc1NC(=O)c1cccc(Br)c1)OCCO2. The summed E-state index contributed by atoms with van der Waals surface area (Å²) in [5.74, 6) is 0.902. The van der Waals surface area contributed by atoms with E-state index in [-0.39, 0.29) is 5.91 Å². The van der Waals surface area contributed by atoms with E-state index in [9.17, 15) is 9.90 Å². The van der Waals surface area contributed by atoms with Crippen molar-refractivity contribution in [2.75, 3.05) is 18.5 Å². The van der Waals surface area contributed by atoms with E-state index in [2.05, 4.69) is 21.2 Å². The molecule has 3 rings (SSSR count). The van der Waals surface area contributed by atoms with Gasteiger partial charge in [-0.2, -0.15) is 0 Å². The summed E-state index contributed by atoms with van der Waals surface area (Å²) in [7, 11) is 0. The first-order chi connectivity index (χ1) is 11.6. The molecule has 0 aromatic heterocycles. The van der Waals surface area contributed by atoms with Crippen molar-refractivity contribution in [2.45, 2.75) is 19.4 Å². The van der Waals surface area contributed by atoms with Crippen LogP contribution >= 0.6 is 15.9 Å². The van der Waals surface area contributed by atoms with Crippen LogP contribution in [0.5, 0.6) is 11.5 Å². The molecule has 0 saturated heterocycles. The molecule has 5 nitrogen and oxygen atoms in total. The lowest BCUT2D eigenvalue weighted by atomic mass is 10.0. The maximum Gasteiger partial charge on any atom is 0.255 e. The number of ether oxygens (including phenoxy) is 2. The third-order valence-electron chi connectivity index (χ3n) is 3.80. The second-order valence-electron chi connectivity index (χ2n) is 5.47. The van der Waals surface area contributed by atoms with Gasteiger partial charge < -0.3 is 19.9 Å². The van der Waals surface area contributed by atoms with Gasteiger partial charge in [0.2, 0.25) is 0 Å². The third kappa shape index (κ3) is 3.55. The summed E-state index contributed by atoms with van der Waals surface area (Å²) in [5.41, 5.74) is 1.67. The Labute approximate surface area is 148 Å². The molecule has 1 heterocycles. The van der Waals surface area contributed by atoms with Gasteiger partial charge in [-0.1, -0.05) is 28.9 Å². The largest absolute Gasteiger partial charge is 0.486 e. The van der Waals surface area contributed by atoms with Crippen LogP contribution < -0.4 is 14.8 Å². The van der Waals surface area contributed by atoms with Gasteiger partial charge in [0.05, 0.1) is 11.8 Å². The molecule has 6 heteroatoms. The number of rotatable bonds is 4. The lowest BCUT2D eigenvalue weighted by Gasteiger charge is -2.23. The highest BCUT2D eigenvalue weighted by Crippen LogP contribution is 2.39. The second kappa shape index (κ2) is 7.23. The summed E-state index contributed by atoms with van der Waals surface area (Å²) in [6.07, 6.45) is -0.169. The van der Waals surface area contributed by atoms with Crippen LogP contribution in [0.3, 0.4) is 0 Å². The zero-order chi connectivity index (χ0) is 17.1. The molecule has 126 valence electrons. The Hall–Kier alpha value is -2.05. The molecule has 0 fully saturated rings. The van der Waals surface area contributed by atoms with Gasteiger partial charge in [0, 0.05) is 21.7 Å². The standard InChI is InChI=1S/C18H18BrNO4/c1-2-15(21)13-9-16-17(24-7-6-23-16)10-14(13)20-18(22)11-4-3-5-12(19)8-11/h3-5,8-10,15,21H,2,6-7H2,1H3,(H,20,22)/t15-/m1/s1. The minimum Gasteiger partial charge on any atom is -0.486 e. The Kier molecular flexibility index (Phi) is 5.06. The van der Waals surface area contributed by atoms with Crippen molar-refractivity contribution in [1.82, 2.24) is 0 Å². The number of hydrogen-bond acceptors (Lipinski definition) is 4. The maximum absolute atomic E-state index is 12.5. The van der Waals surface area contributed by atoms with Crippen molar-refractivity contribution in [2.24, 2.45) is 0 Å². The molecule has 2 aromatic carbocycles. The van der Waals surface area contributed by atoms with E-state index in [1.165, 1.54) is 0 Å². The third-order valence-corrected chi connectivity index (χ3v) is 4.29. The summed E-state index contributed by atoms with van der Waals surface area (Å²) in [6, 6.07) is 10.6. The monoisotopic (exact) mass is 391 g/mol. The molecule has 0 spiro atoms. The molecular formula is C18H18BrNO4. The van der Waals surface area contributed by atoms with Crippen LogP contribution in [0.25, 0.3) is 0 Å². The van der Waals surface area contributed by atoms with Gasteiger partial charge in [-0.15, -0.1) is 0 Å². The Balaban J connectivity index is 1.94. The number of anilines is 1. The van der Waals surface area contributed by atoms with Crippen molar-refractivity contribution in [1.29, 1.82) is 0 Å². The molecule has 2 N–H and O–H groups in total. The number of fused-ring (bicyclic) bond motifs is 1. The number of carbonyl (C=O) groups excluding carboxylic acids is 1. The van der Waals surface area contributed by atoms with Gasteiger partial charge in [-0.25, -0.2) is 0 Å². The smallest absolute Gasteiger partial charge is 0.255 e. The Morgan fingerprint density at radius 2 is 1.96 bits per heavy atom. The quantitative estimate of drug-likeness (QED) is 0.828. The van der Waals surface area contributed by atoms with Crippen LogP contribution in [0, 0.1) is 0 Å². The van der Waals surface area contributed by atoms with Crippen molar-refractivity contribution in [3.63, 3.8) is 0 Å². The first kappa shape index (κ1) is 16.8. The lowest BCUT2D eigenvalue weighted by molar-refractivity contribution is 0.102. The number of benzene rings is 2. The van der Waals surface area contributed by atoms with Crippen LogP contribution in [-0.4, -0.2) is 24.2 Å². The van der Waals surface area contributed by atoms with Crippen LogP contribution in [0.15, 0.2) is 40.9 Å². The molecule has 2 aromatic rings. The van der Waals surface area contributed by atoms with Crippen molar-refractivity contribution in [3.8, 4) is 11.5 Å². The van der Waals surface area contributed by atoms with Gasteiger partial charge in [-0.3, -0.25) is 4.79 Å². The fourth-order valence-corrected chi connectivity index (χ4v) is 2.93. The highest BCUT2D eigenvalue weighted by Gasteiger charge is 2.21. The number of nitrogens with one attached hydrogen (secondary N) is 1. The van der Waals surface area contributed by atoms with Gasteiger partial charge >= 0.3 is 0 Å². The van der Waals surface area contributed by atoms with E-state index in [1.807, 2.05) is 13.0 Å². The predicted molar refractivity (Wildman–Crippen MR) is 94.8 cm³/mol. The van der Waals surface area contributed by atoms with Gasteiger partial charge in [0.15, 0.2) is 11.5 Å². The van der Waals surface area contributed by atoms with E-state index in [0.29, 0.717) is 47.9 Å².